The van der Waals surface area contributed by atoms with Crippen LogP contribution >= 0.6 is 0 Å². The summed E-state index contributed by atoms with van der Waals surface area (Å²) in [6, 6.07) is 5.68. The van der Waals surface area contributed by atoms with Crippen molar-refractivity contribution in [3.8, 4) is 23.8 Å². The first kappa shape index (κ1) is 19.2. The molecule has 0 aliphatic heterocycles. The number of benzene rings is 1. The van der Waals surface area contributed by atoms with Gasteiger partial charge in [-0.25, -0.2) is 4.98 Å². The van der Waals surface area contributed by atoms with E-state index in [-0.39, 0.29) is 6.61 Å². The fourth-order valence-electron chi connectivity index (χ4n) is 2.24. The second kappa shape index (κ2) is 9.37. The van der Waals surface area contributed by atoms with E-state index < -0.39 is 0 Å². The molecular weight excluding hydrogens is 332 g/mol. The number of oxazole rings is 1. The molecular formula is C19H24N4O3. The molecule has 2 aromatic rings. The Morgan fingerprint density at radius 2 is 2.04 bits per heavy atom. The third kappa shape index (κ3) is 5.18. The molecule has 7 nitrogen and oxygen atoms in total. The zero-order valence-corrected chi connectivity index (χ0v) is 15.5. The van der Waals surface area contributed by atoms with E-state index in [0.29, 0.717) is 36.4 Å². The fourth-order valence-corrected chi connectivity index (χ4v) is 2.24. The number of aliphatic imine (C=N–C) groups is 1. The van der Waals surface area contributed by atoms with Gasteiger partial charge in [-0.2, -0.15) is 0 Å². The normalized spacial score (nSPS) is 11.0. The zero-order chi connectivity index (χ0) is 18.9. The van der Waals surface area contributed by atoms with E-state index in [2.05, 4.69) is 26.5 Å². The molecule has 26 heavy (non-hydrogen) atoms. The smallest absolute Gasteiger partial charge is 0.214 e. The minimum Gasteiger partial charge on any atom is -0.493 e. The van der Waals surface area contributed by atoms with Crippen molar-refractivity contribution in [3.05, 3.63) is 41.1 Å². The SMILES string of the molecule is C#CCOc1cc(CNC(=NC)NCc2nc(C)c(C)o2)ccc1OC. The van der Waals surface area contributed by atoms with Crippen molar-refractivity contribution in [3.63, 3.8) is 0 Å². The van der Waals surface area contributed by atoms with E-state index in [1.54, 1.807) is 14.2 Å². The Hall–Kier alpha value is -3.14. The van der Waals surface area contributed by atoms with E-state index in [4.69, 9.17) is 20.3 Å². The molecule has 0 spiro atoms. The van der Waals surface area contributed by atoms with E-state index in [9.17, 15) is 0 Å². The van der Waals surface area contributed by atoms with Gasteiger partial charge in [-0.3, -0.25) is 4.99 Å². The highest BCUT2D eigenvalue weighted by Gasteiger charge is 2.08. The van der Waals surface area contributed by atoms with Crippen LogP contribution in [0.4, 0.5) is 0 Å². The number of hydrogen-bond donors (Lipinski definition) is 2. The van der Waals surface area contributed by atoms with Crippen LogP contribution in [-0.2, 0) is 13.1 Å². The number of nitrogens with zero attached hydrogens (tertiary/aromatic N) is 2. The maximum absolute atomic E-state index is 5.55. The number of hydrogen-bond acceptors (Lipinski definition) is 5. The van der Waals surface area contributed by atoms with Crippen molar-refractivity contribution in [1.82, 2.24) is 15.6 Å². The molecule has 0 fully saturated rings. The van der Waals surface area contributed by atoms with Crippen LogP contribution in [0.25, 0.3) is 0 Å². The van der Waals surface area contributed by atoms with E-state index in [1.807, 2.05) is 32.0 Å². The maximum Gasteiger partial charge on any atom is 0.214 e. The number of terminal acetylenes is 1. The van der Waals surface area contributed by atoms with E-state index in [1.165, 1.54) is 0 Å². The first-order chi connectivity index (χ1) is 12.6. The van der Waals surface area contributed by atoms with Crippen LogP contribution in [0.5, 0.6) is 11.5 Å². The van der Waals surface area contributed by atoms with Crippen molar-refractivity contribution < 1.29 is 13.9 Å². The maximum atomic E-state index is 5.55. The second-order valence-electron chi connectivity index (χ2n) is 5.51. The quantitative estimate of drug-likeness (QED) is 0.450. The summed E-state index contributed by atoms with van der Waals surface area (Å²) in [7, 11) is 3.30. The monoisotopic (exact) mass is 356 g/mol. The lowest BCUT2D eigenvalue weighted by atomic mass is 10.2. The molecule has 0 saturated carbocycles. The van der Waals surface area contributed by atoms with Crippen LogP contribution in [0.2, 0.25) is 0 Å². The highest BCUT2D eigenvalue weighted by atomic mass is 16.5. The van der Waals surface area contributed by atoms with Crippen molar-refractivity contribution in [2.45, 2.75) is 26.9 Å². The molecule has 0 aliphatic carbocycles. The molecule has 2 N–H and O–H groups in total. The molecule has 0 bridgehead atoms. The molecule has 7 heteroatoms. The molecule has 0 saturated heterocycles. The minimum atomic E-state index is 0.186. The van der Waals surface area contributed by atoms with Gasteiger partial charge in [0.15, 0.2) is 17.5 Å². The third-order valence-corrected chi connectivity index (χ3v) is 3.70. The van der Waals surface area contributed by atoms with Gasteiger partial charge in [0, 0.05) is 13.6 Å². The number of methoxy groups -OCH3 is 1. The number of rotatable bonds is 7. The van der Waals surface area contributed by atoms with Gasteiger partial charge in [-0.05, 0) is 31.5 Å². The molecule has 0 radical (unpaired) electrons. The molecule has 138 valence electrons. The van der Waals surface area contributed by atoms with Crippen molar-refractivity contribution in [2.75, 3.05) is 20.8 Å². The molecule has 0 amide bonds. The van der Waals surface area contributed by atoms with Crippen LogP contribution in [-0.4, -0.2) is 31.7 Å². The van der Waals surface area contributed by atoms with Crippen LogP contribution in [0.3, 0.4) is 0 Å². The standard InChI is InChI=1S/C19H24N4O3/c1-6-9-25-17-10-15(7-8-16(17)24-5)11-21-19(20-4)22-12-18-23-13(2)14(3)26-18/h1,7-8,10H,9,11-12H2,2-5H3,(H2,20,21,22). The minimum absolute atomic E-state index is 0.186. The summed E-state index contributed by atoms with van der Waals surface area (Å²) in [4.78, 5) is 8.53. The highest BCUT2D eigenvalue weighted by Crippen LogP contribution is 2.27. The Kier molecular flexibility index (Phi) is 6.92. The summed E-state index contributed by atoms with van der Waals surface area (Å²) >= 11 is 0. The molecule has 0 unspecified atom stereocenters. The number of aryl methyl sites for hydroxylation is 2. The fraction of sp³-hybridized carbons (Fsp3) is 0.368. The summed E-state index contributed by atoms with van der Waals surface area (Å²) in [6.07, 6.45) is 5.25. The first-order valence-corrected chi connectivity index (χ1v) is 8.18. The summed E-state index contributed by atoms with van der Waals surface area (Å²) in [5, 5.41) is 6.40. The highest BCUT2D eigenvalue weighted by molar-refractivity contribution is 5.79. The predicted molar refractivity (Wildman–Crippen MR) is 100 cm³/mol. The molecule has 1 aromatic heterocycles. The van der Waals surface area contributed by atoms with Gasteiger partial charge in [-0.15, -0.1) is 6.42 Å². The number of guanidine groups is 1. The Bertz CT molecular complexity index is 786. The van der Waals surface area contributed by atoms with Crippen LogP contribution < -0.4 is 20.1 Å². The Morgan fingerprint density at radius 1 is 1.27 bits per heavy atom. The van der Waals surface area contributed by atoms with Crippen LogP contribution in [0, 0.1) is 26.2 Å². The van der Waals surface area contributed by atoms with Crippen molar-refractivity contribution in [1.29, 1.82) is 0 Å². The van der Waals surface area contributed by atoms with E-state index in [0.717, 1.165) is 17.0 Å². The number of aromatic nitrogens is 1. The summed E-state index contributed by atoms with van der Waals surface area (Å²) < 4.78 is 16.3. The number of nitrogens with one attached hydrogen (secondary N) is 2. The molecule has 0 aliphatic rings. The molecule has 2 rings (SSSR count). The lowest BCUT2D eigenvalue weighted by Gasteiger charge is -2.13. The van der Waals surface area contributed by atoms with E-state index >= 15 is 0 Å². The van der Waals surface area contributed by atoms with Gasteiger partial charge in [0.05, 0.1) is 19.3 Å². The summed E-state index contributed by atoms with van der Waals surface area (Å²) in [5.41, 5.74) is 1.89. The summed E-state index contributed by atoms with van der Waals surface area (Å²) in [6.45, 7) is 5.00. The van der Waals surface area contributed by atoms with Gasteiger partial charge in [0.25, 0.3) is 0 Å². The van der Waals surface area contributed by atoms with Crippen molar-refractivity contribution >= 4 is 5.96 Å². The molecule has 1 aromatic carbocycles. The zero-order valence-electron chi connectivity index (χ0n) is 15.5. The van der Waals surface area contributed by atoms with Gasteiger partial charge < -0.3 is 24.5 Å². The average Bonchev–Trinajstić information content (AvgIpc) is 2.97. The Labute approximate surface area is 153 Å². The Morgan fingerprint density at radius 3 is 2.65 bits per heavy atom. The topological polar surface area (TPSA) is 80.9 Å². The largest absolute Gasteiger partial charge is 0.493 e. The Balaban J connectivity index is 1.94. The third-order valence-electron chi connectivity index (χ3n) is 3.70. The predicted octanol–water partition coefficient (Wildman–Crippen LogP) is 2.18. The van der Waals surface area contributed by atoms with Gasteiger partial charge in [0.2, 0.25) is 5.89 Å². The van der Waals surface area contributed by atoms with Gasteiger partial charge in [-0.1, -0.05) is 12.0 Å². The van der Waals surface area contributed by atoms with Crippen LogP contribution in [0.1, 0.15) is 22.9 Å². The molecule has 0 atom stereocenters. The lowest BCUT2D eigenvalue weighted by Crippen LogP contribution is -2.36. The van der Waals surface area contributed by atoms with Gasteiger partial charge in [0.1, 0.15) is 12.4 Å². The first-order valence-electron chi connectivity index (χ1n) is 8.18. The van der Waals surface area contributed by atoms with Gasteiger partial charge >= 0.3 is 0 Å². The summed E-state index contributed by atoms with van der Waals surface area (Å²) in [5.74, 6) is 5.78. The second-order valence-corrected chi connectivity index (χ2v) is 5.51. The number of ether oxygens (including phenoxy) is 2. The average molecular weight is 356 g/mol. The van der Waals surface area contributed by atoms with Crippen LogP contribution in [0.15, 0.2) is 27.6 Å². The molecule has 1 heterocycles. The lowest BCUT2D eigenvalue weighted by molar-refractivity contribution is 0.330. The van der Waals surface area contributed by atoms with Crippen molar-refractivity contribution in [2.24, 2.45) is 4.99 Å².